The Kier molecular flexibility index (Phi) is 5.81. The number of hydrogen-bond acceptors (Lipinski definition) is 5. The number of carbonyl (C=O) groups excluding carboxylic acids is 3. The quantitative estimate of drug-likeness (QED) is 0.725. The molecule has 3 aliphatic rings. The normalized spacial score (nSPS) is 27.4. The van der Waals surface area contributed by atoms with E-state index >= 15 is 0 Å². The van der Waals surface area contributed by atoms with E-state index in [2.05, 4.69) is 5.32 Å². The minimum atomic E-state index is -0.695. The van der Waals surface area contributed by atoms with Crippen LogP contribution in [0.2, 0.25) is 0 Å². The molecule has 0 radical (unpaired) electrons. The second kappa shape index (κ2) is 8.13. The Morgan fingerprint density at radius 3 is 2.68 bits per heavy atom. The zero-order valence-corrected chi connectivity index (χ0v) is 19.3. The van der Waals surface area contributed by atoms with Gasteiger partial charge in [0, 0.05) is 16.9 Å². The molecule has 1 aromatic carbocycles. The fraction of sp³-hybridized carbons (Fsp3) is 0.609. The second-order valence-electron chi connectivity index (χ2n) is 9.52. The zero-order chi connectivity index (χ0) is 22.5. The SMILES string of the molecule is CC(C)C(NC(=O)C1N2C(=O)c3ccccc3C2SC1(C)C)C(=O)N1CCCC1CO. The molecule has 7 nitrogen and oxygen atoms in total. The minimum Gasteiger partial charge on any atom is -0.394 e. The standard InChI is InChI=1S/C23H31N3O4S/c1-13(2)17(21(30)25-11-7-8-14(25)12-27)24-19(28)18-23(3,4)31-22-16-10-6-5-9-15(16)20(29)26(18)22/h5-6,9-10,13-14,17-18,22,27H,7-8,11-12H2,1-4H3,(H,24,28). The molecular weight excluding hydrogens is 414 g/mol. The fourth-order valence-corrected chi connectivity index (χ4v) is 6.63. The van der Waals surface area contributed by atoms with Gasteiger partial charge < -0.3 is 20.2 Å². The maximum absolute atomic E-state index is 13.5. The van der Waals surface area contributed by atoms with Crippen molar-refractivity contribution in [2.45, 2.75) is 68.8 Å². The van der Waals surface area contributed by atoms with Gasteiger partial charge in [0.25, 0.3) is 5.91 Å². The predicted octanol–water partition coefficient (Wildman–Crippen LogP) is 2.16. The van der Waals surface area contributed by atoms with Gasteiger partial charge in [0.1, 0.15) is 17.5 Å². The number of nitrogens with zero attached hydrogens (tertiary/aromatic N) is 2. The van der Waals surface area contributed by atoms with Crippen molar-refractivity contribution in [3.8, 4) is 0 Å². The van der Waals surface area contributed by atoms with Crippen molar-refractivity contribution in [3.05, 3.63) is 35.4 Å². The number of benzene rings is 1. The van der Waals surface area contributed by atoms with Crippen molar-refractivity contribution in [2.24, 2.45) is 5.92 Å². The topological polar surface area (TPSA) is 90.0 Å². The molecule has 4 atom stereocenters. The number of likely N-dealkylation sites (tertiary alicyclic amines) is 1. The lowest BCUT2D eigenvalue weighted by Crippen LogP contribution is -2.59. The first-order valence-corrected chi connectivity index (χ1v) is 11.9. The highest BCUT2D eigenvalue weighted by molar-refractivity contribution is 8.01. The molecule has 168 valence electrons. The smallest absolute Gasteiger partial charge is 0.256 e. The van der Waals surface area contributed by atoms with Gasteiger partial charge in [0.05, 0.1) is 12.6 Å². The Balaban J connectivity index is 1.58. The Morgan fingerprint density at radius 2 is 2.00 bits per heavy atom. The lowest BCUT2D eigenvalue weighted by Gasteiger charge is -2.34. The molecule has 2 fully saturated rings. The zero-order valence-electron chi connectivity index (χ0n) is 18.5. The van der Waals surface area contributed by atoms with Crippen LogP contribution in [-0.4, -0.2) is 68.7 Å². The number of rotatable bonds is 5. The van der Waals surface area contributed by atoms with Crippen LogP contribution in [0.4, 0.5) is 0 Å². The fourth-order valence-electron chi connectivity index (χ4n) is 5.04. The highest BCUT2D eigenvalue weighted by Gasteiger charge is 2.57. The van der Waals surface area contributed by atoms with Crippen LogP contribution in [0.25, 0.3) is 0 Å². The molecule has 4 rings (SSSR count). The van der Waals surface area contributed by atoms with E-state index in [0.717, 1.165) is 18.4 Å². The summed E-state index contributed by atoms with van der Waals surface area (Å²) in [6.45, 7) is 8.28. The average Bonchev–Trinajstić information content (AvgIpc) is 3.38. The van der Waals surface area contributed by atoms with Crippen LogP contribution in [0, 0.1) is 5.92 Å². The summed E-state index contributed by atoms with van der Waals surface area (Å²) in [5.41, 5.74) is 1.59. The van der Waals surface area contributed by atoms with Gasteiger partial charge in [0.15, 0.2) is 0 Å². The minimum absolute atomic E-state index is 0.0704. The largest absolute Gasteiger partial charge is 0.394 e. The molecular formula is C23H31N3O4S. The summed E-state index contributed by atoms with van der Waals surface area (Å²) < 4.78 is -0.496. The number of aliphatic hydroxyl groups excluding tert-OH is 1. The van der Waals surface area contributed by atoms with E-state index in [1.807, 2.05) is 45.9 Å². The lowest BCUT2D eigenvalue weighted by molar-refractivity contribution is -0.140. The number of aliphatic hydroxyl groups is 1. The molecule has 3 amide bonds. The van der Waals surface area contributed by atoms with Crippen molar-refractivity contribution in [3.63, 3.8) is 0 Å². The lowest BCUT2D eigenvalue weighted by atomic mass is 9.97. The third-order valence-corrected chi connectivity index (χ3v) is 8.18. The van der Waals surface area contributed by atoms with E-state index < -0.39 is 16.8 Å². The average molecular weight is 446 g/mol. The highest BCUT2D eigenvalue weighted by atomic mass is 32.2. The Hall–Kier alpha value is -2.06. The Labute approximate surface area is 187 Å². The Morgan fingerprint density at radius 1 is 1.29 bits per heavy atom. The van der Waals surface area contributed by atoms with Crippen LogP contribution in [0.15, 0.2) is 24.3 Å². The van der Waals surface area contributed by atoms with Crippen LogP contribution in [0.3, 0.4) is 0 Å². The van der Waals surface area contributed by atoms with Gasteiger partial charge in [0.2, 0.25) is 11.8 Å². The third kappa shape index (κ3) is 3.63. The van der Waals surface area contributed by atoms with Crippen molar-refractivity contribution < 1.29 is 19.5 Å². The molecule has 31 heavy (non-hydrogen) atoms. The monoisotopic (exact) mass is 445 g/mol. The first kappa shape index (κ1) is 22.1. The highest BCUT2D eigenvalue weighted by Crippen LogP contribution is 2.56. The number of fused-ring (bicyclic) bond motifs is 3. The number of amides is 3. The van der Waals surface area contributed by atoms with Crippen LogP contribution in [0.1, 0.15) is 61.8 Å². The molecule has 0 aliphatic carbocycles. The number of hydrogen-bond donors (Lipinski definition) is 2. The molecule has 0 bridgehead atoms. The molecule has 0 saturated carbocycles. The molecule has 0 spiro atoms. The van der Waals surface area contributed by atoms with Crippen LogP contribution in [0.5, 0.6) is 0 Å². The molecule has 3 heterocycles. The maximum Gasteiger partial charge on any atom is 0.256 e. The van der Waals surface area contributed by atoms with Crippen molar-refractivity contribution in [1.82, 2.24) is 15.1 Å². The van der Waals surface area contributed by atoms with Crippen LogP contribution < -0.4 is 5.32 Å². The molecule has 2 N–H and O–H groups in total. The van der Waals surface area contributed by atoms with Gasteiger partial charge in [-0.3, -0.25) is 14.4 Å². The second-order valence-corrected chi connectivity index (χ2v) is 11.3. The first-order valence-electron chi connectivity index (χ1n) is 11.0. The third-order valence-electron chi connectivity index (χ3n) is 6.65. The van der Waals surface area contributed by atoms with Gasteiger partial charge in [-0.15, -0.1) is 11.8 Å². The summed E-state index contributed by atoms with van der Waals surface area (Å²) in [5, 5.41) is 12.4. The summed E-state index contributed by atoms with van der Waals surface area (Å²) in [6.07, 6.45) is 1.62. The van der Waals surface area contributed by atoms with Gasteiger partial charge >= 0.3 is 0 Å². The number of nitrogens with one attached hydrogen (secondary N) is 1. The molecule has 3 aliphatic heterocycles. The van der Waals surface area contributed by atoms with E-state index in [0.29, 0.717) is 12.1 Å². The van der Waals surface area contributed by atoms with Gasteiger partial charge in [-0.2, -0.15) is 0 Å². The summed E-state index contributed by atoms with van der Waals surface area (Å²) >= 11 is 1.61. The van der Waals surface area contributed by atoms with Crippen molar-refractivity contribution in [1.29, 1.82) is 0 Å². The molecule has 4 unspecified atom stereocenters. The number of thioether (sulfide) groups is 1. The molecule has 1 aromatic rings. The van der Waals surface area contributed by atoms with Crippen molar-refractivity contribution >= 4 is 29.5 Å². The number of carbonyl (C=O) groups is 3. The summed E-state index contributed by atoms with van der Waals surface area (Å²) in [7, 11) is 0. The van der Waals surface area contributed by atoms with Gasteiger partial charge in [-0.1, -0.05) is 32.0 Å². The molecule has 2 saturated heterocycles. The van der Waals surface area contributed by atoms with Crippen LogP contribution in [-0.2, 0) is 9.59 Å². The van der Waals surface area contributed by atoms with Gasteiger partial charge in [-0.05, 0) is 44.2 Å². The Bertz CT molecular complexity index is 903. The van der Waals surface area contributed by atoms with E-state index in [9.17, 15) is 19.5 Å². The summed E-state index contributed by atoms with van der Waals surface area (Å²) in [6, 6.07) is 5.94. The predicted molar refractivity (Wildman–Crippen MR) is 119 cm³/mol. The van der Waals surface area contributed by atoms with Crippen molar-refractivity contribution in [2.75, 3.05) is 13.2 Å². The van der Waals surface area contributed by atoms with E-state index in [4.69, 9.17) is 0 Å². The summed E-state index contributed by atoms with van der Waals surface area (Å²) in [4.78, 5) is 43.3. The van der Waals surface area contributed by atoms with Gasteiger partial charge in [-0.25, -0.2) is 0 Å². The first-order chi connectivity index (χ1) is 14.7. The van der Waals surface area contributed by atoms with E-state index in [1.54, 1.807) is 27.6 Å². The van der Waals surface area contributed by atoms with E-state index in [-0.39, 0.29) is 41.7 Å². The van der Waals surface area contributed by atoms with Crippen LogP contribution >= 0.6 is 11.8 Å². The van der Waals surface area contributed by atoms with E-state index in [1.165, 1.54) is 0 Å². The molecule has 8 heteroatoms. The summed E-state index contributed by atoms with van der Waals surface area (Å²) in [5.74, 6) is -0.703. The molecule has 0 aromatic heterocycles. The maximum atomic E-state index is 13.5.